The van der Waals surface area contributed by atoms with Gasteiger partial charge in [-0.25, -0.2) is 0 Å². The molecule has 5 heteroatoms. The fraction of sp³-hybridized carbons (Fsp3) is 0.222. The van der Waals surface area contributed by atoms with Gasteiger partial charge < -0.3 is 10.6 Å². The van der Waals surface area contributed by atoms with Gasteiger partial charge in [0, 0.05) is 37.7 Å². The summed E-state index contributed by atoms with van der Waals surface area (Å²) < 4.78 is 1.76. The molecule has 2 aromatic carbocycles. The fourth-order valence-electron chi connectivity index (χ4n) is 3.18. The number of hydrogen-bond donors (Lipinski definition) is 2. The van der Waals surface area contributed by atoms with Crippen LogP contribution in [0.15, 0.2) is 42.5 Å². The van der Waals surface area contributed by atoms with E-state index in [1.54, 1.807) is 4.68 Å². The maximum Gasteiger partial charge on any atom is 0.257 e. The number of aryl methyl sites for hydroxylation is 1. The van der Waals surface area contributed by atoms with Gasteiger partial charge in [-0.3, -0.25) is 9.48 Å². The zero-order valence-corrected chi connectivity index (χ0v) is 13.0. The molecule has 0 saturated carbocycles. The molecule has 0 aliphatic carbocycles. The van der Waals surface area contributed by atoms with Crippen LogP contribution in [0.5, 0.6) is 0 Å². The lowest BCUT2D eigenvalue weighted by atomic mass is 10.0. The number of rotatable bonds is 2. The Hall–Kier alpha value is -2.66. The van der Waals surface area contributed by atoms with Crippen LogP contribution in [0.2, 0.25) is 0 Å². The smallest absolute Gasteiger partial charge is 0.257 e. The molecule has 0 bridgehead atoms. The van der Waals surface area contributed by atoms with E-state index in [0.717, 1.165) is 47.4 Å². The standard InChI is InChI=1S/C18H18N4O/c1-22-17(15-11-19-10-9-16(15)21-22)20-18(23)14-8-4-6-12-5-2-3-7-13(12)14/h2-8,19H,9-11H2,1H3,(H,20,23). The average Bonchev–Trinajstić information content (AvgIpc) is 2.90. The Morgan fingerprint density at radius 3 is 2.96 bits per heavy atom. The summed E-state index contributed by atoms with van der Waals surface area (Å²) in [6.07, 6.45) is 0.896. The van der Waals surface area contributed by atoms with E-state index in [1.807, 2.05) is 49.5 Å². The van der Waals surface area contributed by atoms with Crippen molar-refractivity contribution < 1.29 is 4.79 Å². The number of anilines is 1. The molecule has 0 unspecified atom stereocenters. The van der Waals surface area contributed by atoms with Crippen LogP contribution in [0.3, 0.4) is 0 Å². The largest absolute Gasteiger partial charge is 0.312 e. The van der Waals surface area contributed by atoms with E-state index in [2.05, 4.69) is 15.7 Å². The van der Waals surface area contributed by atoms with Crippen molar-refractivity contribution in [1.29, 1.82) is 0 Å². The molecule has 5 nitrogen and oxygen atoms in total. The van der Waals surface area contributed by atoms with Gasteiger partial charge in [0.05, 0.1) is 5.69 Å². The van der Waals surface area contributed by atoms with Crippen molar-refractivity contribution in [3.8, 4) is 0 Å². The maximum atomic E-state index is 12.8. The Bertz CT molecular complexity index is 892. The summed E-state index contributed by atoms with van der Waals surface area (Å²) in [6.45, 7) is 1.68. The molecule has 1 aliphatic rings. The van der Waals surface area contributed by atoms with Crippen molar-refractivity contribution in [2.24, 2.45) is 7.05 Å². The van der Waals surface area contributed by atoms with Gasteiger partial charge in [0.2, 0.25) is 0 Å². The lowest BCUT2D eigenvalue weighted by molar-refractivity contribution is 0.102. The van der Waals surface area contributed by atoms with Gasteiger partial charge in [0.15, 0.2) is 0 Å². The van der Waals surface area contributed by atoms with Crippen molar-refractivity contribution in [1.82, 2.24) is 15.1 Å². The van der Waals surface area contributed by atoms with Gasteiger partial charge in [-0.05, 0) is 16.8 Å². The van der Waals surface area contributed by atoms with E-state index in [4.69, 9.17) is 0 Å². The number of nitrogens with zero attached hydrogens (tertiary/aromatic N) is 2. The predicted molar refractivity (Wildman–Crippen MR) is 90.5 cm³/mol. The van der Waals surface area contributed by atoms with Crippen LogP contribution < -0.4 is 10.6 Å². The highest BCUT2D eigenvalue weighted by Crippen LogP contribution is 2.24. The Balaban J connectivity index is 1.72. The first kappa shape index (κ1) is 14.0. The van der Waals surface area contributed by atoms with Gasteiger partial charge in [-0.15, -0.1) is 0 Å². The Morgan fingerprint density at radius 1 is 1.22 bits per heavy atom. The zero-order chi connectivity index (χ0) is 15.8. The molecule has 0 radical (unpaired) electrons. The van der Waals surface area contributed by atoms with Crippen LogP contribution in [0, 0.1) is 0 Å². The normalized spacial score (nSPS) is 13.8. The third kappa shape index (κ3) is 2.39. The third-order valence-electron chi connectivity index (χ3n) is 4.34. The Morgan fingerprint density at radius 2 is 2.04 bits per heavy atom. The summed E-state index contributed by atoms with van der Waals surface area (Å²) >= 11 is 0. The molecule has 23 heavy (non-hydrogen) atoms. The fourth-order valence-corrected chi connectivity index (χ4v) is 3.18. The first-order valence-electron chi connectivity index (χ1n) is 7.78. The monoisotopic (exact) mass is 306 g/mol. The van der Waals surface area contributed by atoms with Crippen LogP contribution in [0.25, 0.3) is 10.8 Å². The summed E-state index contributed by atoms with van der Waals surface area (Å²) in [5.74, 6) is 0.684. The van der Waals surface area contributed by atoms with Crippen LogP contribution in [-0.2, 0) is 20.0 Å². The summed E-state index contributed by atoms with van der Waals surface area (Å²) in [5, 5.41) is 12.9. The molecule has 1 aliphatic heterocycles. The summed E-state index contributed by atoms with van der Waals surface area (Å²) in [4.78, 5) is 12.8. The number of amides is 1. The second-order valence-electron chi connectivity index (χ2n) is 5.81. The van der Waals surface area contributed by atoms with Crippen molar-refractivity contribution >= 4 is 22.5 Å². The van der Waals surface area contributed by atoms with E-state index in [9.17, 15) is 4.79 Å². The summed E-state index contributed by atoms with van der Waals surface area (Å²) in [6, 6.07) is 13.7. The van der Waals surface area contributed by atoms with Gasteiger partial charge in [-0.2, -0.15) is 5.10 Å². The van der Waals surface area contributed by atoms with Crippen LogP contribution >= 0.6 is 0 Å². The number of fused-ring (bicyclic) bond motifs is 2. The minimum absolute atomic E-state index is 0.0989. The van der Waals surface area contributed by atoms with Gasteiger partial charge in [-0.1, -0.05) is 36.4 Å². The van der Waals surface area contributed by atoms with Crippen LogP contribution in [-0.4, -0.2) is 22.2 Å². The third-order valence-corrected chi connectivity index (χ3v) is 4.34. The molecule has 2 N–H and O–H groups in total. The van der Waals surface area contributed by atoms with Crippen molar-refractivity contribution in [2.75, 3.05) is 11.9 Å². The topological polar surface area (TPSA) is 59.0 Å². The molecule has 0 saturated heterocycles. The van der Waals surface area contributed by atoms with Gasteiger partial charge >= 0.3 is 0 Å². The van der Waals surface area contributed by atoms with E-state index in [0.29, 0.717) is 5.56 Å². The van der Waals surface area contributed by atoms with E-state index in [-0.39, 0.29) is 5.91 Å². The second-order valence-corrected chi connectivity index (χ2v) is 5.81. The number of benzene rings is 2. The van der Waals surface area contributed by atoms with Crippen molar-refractivity contribution in [2.45, 2.75) is 13.0 Å². The number of nitrogens with one attached hydrogen (secondary N) is 2. The zero-order valence-electron chi connectivity index (χ0n) is 13.0. The average molecular weight is 306 g/mol. The molecule has 1 amide bonds. The molecule has 4 rings (SSSR count). The molecular formula is C18H18N4O. The highest BCUT2D eigenvalue weighted by Gasteiger charge is 2.21. The van der Waals surface area contributed by atoms with Gasteiger partial charge in [0.25, 0.3) is 5.91 Å². The number of carbonyl (C=O) groups excluding carboxylic acids is 1. The van der Waals surface area contributed by atoms with Crippen LogP contribution in [0.4, 0.5) is 5.82 Å². The molecule has 0 fully saturated rings. The molecule has 1 aromatic heterocycles. The first-order chi connectivity index (χ1) is 11.2. The molecule has 0 atom stereocenters. The molecule has 0 spiro atoms. The van der Waals surface area contributed by atoms with E-state index < -0.39 is 0 Å². The minimum atomic E-state index is -0.0989. The lowest BCUT2D eigenvalue weighted by Crippen LogP contribution is -2.24. The highest BCUT2D eigenvalue weighted by molar-refractivity contribution is 6.12. The SMILES string of the molecule is Cn1nc2c(c1NC(=O)c1cccc3ccccc13)CNCC2. The highest BCUT2D eigenvalue weighted by atomic mass is 16.1. The predicted octanol–water partition coefficient (Wildman–Crippen LogP) is 2.47. The van der Waals surface area contributed by atoms with Crippen molar-refractivity contribution in [3.63, 3.8) is 0 Å². The summed E-state index contributed by atoms with van der Waals surface area (Å²) in [7, 11) is 1.87. The molecule has 116 valence electrons. The van der Waals surface area contributed by atoms with E-state index in [1.165, 1.54) is 0 Å². The molecule has 3 aromatic rings. The Kier molecular flexibility index (Phi) is 3.35. The lowest BCUT2D eigenvalue weighted by Gasteiger charge is -2.14. The number of hydrogen-bond acceptors (Lipinski definition) is 3. The quantitative estimate of drug-likeness (QED) is 0.764. The maximum absolute atomic E-state index is 12.8. The Labute approximate surface area is 134 Å². The minimum Gasteiger partial charge on any atom is -0.312 e. The van der Waals surface area contributed by atoms with Crippen LogP contribution in [0.1, 0.15) is 21.6 Å². The van der Waals surface area contributed by atoms with E-state index >= 15 is 0 Å². The number of carbonyl (C=O) groups is 1. The van der Waals surface area contributed by atoms with Crippen molar-refractivity contribution in [3.05, 3.63) is 59.3 Å². The number of aromatic nitrogens is 2. The first-order valence-corrected chi connectivity index (χ1v) is 7.78. The second kappa shape index (κ2) is 5.52. The summed E-state index contributed by atoms with van der Waals surface area (Å²) in [5.41, 5.74) is 2.84. The molecule has 2 heterocycles. The molecular weight excluding hydrogens is 288 g/mol. The van der Waals surface area contributed by atoms with Gasteiger partial charge in [0.1, 0.15) is 5.82 Å².